The fourth-order valence-corrected chi connectivity index (χ4v) is 9.45. The van der Waals surface area contributed by atoms with Crippen LogP contribution in [0.1, 0.15) is 0 Å². The van der Waals surface area contributed by atoms with Gasteiger partial charge in [-0.2, -0.15) is 0 Å². The molecule has 3 aromatic heterocycles. The average molecular weight is 726 g/mol. The van der Waals surface area contributed by atoms with Crippen molar-refractivity contribution in [1.82, 2.24) is 13.7 Å². The van der Waals surface area contributed by atoms with Gasteiger partial charge in [0.15, 0.2) is 0 Å². The molecular weight excluding hydrogens is 691 g/mol. The lowest BCUT2D eigenvalue weighted by Gasteiger charge is -2.19. The van der Waals surface area contributed by atoms with Gasteiger partial charge in [-0.1, -0.05) is 158 Å². The highest BCUT2D eigenvalue weighted by Gasteiger charge is 2.22. The number of benzene rings is 9. The van der Waals surface area contributed by atoms with E-state index in [1.165, 1.54) is 93.4 Å². The fourth-order valence-electron chi connectivity index (χ4n) is 9.45. The number of fused-ring (bicyclic) bond motifs is 10. The molecule has 0 unspecified atom stereocenters. The van der Waals surface area contributed by atoms with Crippen LogP contribution in [0.5, 0.6) is 0 Å². The van der Waals surface area contributed by atoms with Crippen LogP contribution in [-0.2, 0) is 0 Å². The summed E-state index contributed by atoms with van der Waals surface area (Å²) >= 11 is 0. The molecule has 12 aromatic rings. The van der Waals surface area contributed by atoms with E-state index >= 15 is 0 Å². The second kappa shape index (κ2) is 12.5. The summed E-state index contributed by atoms with van der Waals surface area (Å²) in [7, 11) is 0. The molecule has 12 rings (SSSR count). The summed E-state index contributed by atoms with van der Waals surface area (Å²) in [5, 5.41) is 7.52. The number of rotatable bonds is 5. The van der Waals surface area contributed by atoms with Gasteiger partial charge in [0.2, 0.25) is 0 Å². The fraction of sp³-hybridized carbons (Fsp3) is 0. The molecule has 266 valence electrons. The lowest BCUT2D eigenvalue weighted by molar-refractivity contribution is 1.17. The molecule has 0 N–H and O–H groups in total. The maximum absolute atomic E-state index is 2.48. The first-order valence-corrected chi connectivity index (χ1v) is 19.6. The van der Waals surface area contributed by atoms with Crippen LogP contribution in [0.4, 0.5) is 0 Å². The zero-order valence-electron chi connectivity index (χ0n) is 31.0. The Balaban J connectivity index is 1.12. The van der Waals surface area contributed by atoms with E-state index in [2.05, 4.69) is 226 Å². The van der Waals surface area contributed by atoms with Gasteiger partial charge >= 0.3 is 0 Å². The van der Waals surface area contributed by atoms with Crippen molar-refractivity contribution < 1.29 is 0 Å². The molecule has 0 fully saturated rings. The number of para-hydroxylation sites is 6. The van der Waals surface area contributed by atoms with Gasteiger partial charge in [0.1, 0.15) is 0 Å². The van der Waals surface area contributed by atoms with Crippen molar-refractivity contribution in [2.45, 2.75) is 0 Å². The van der Waals surface area contributed by atoms with Crippen LogP contribution in [0.3, 0.4) is 0 Å². The first-order chi connectivity index (χ1) is 28.3. The Labute approximate surface area is 329 Å². The van der Waals surface area contributed by atoms with Gasteiger partial charge in [-0.05, 0) is 65.7 Å². The smallest absolute Gasteiger partial charge is 0.0641 e. The highest BCUT2D eigenvalue weighted by molar-refractivity contribution is 6.26. The molecule has 57 heavy (non-hydrogen) atoms. The van der Waals surface area contributed by atoms with Crippen LogP contribution < -0.4 is 0 Å². The monoisotopic (exact) mass is 725 g/mol. The van der Waals surface area contributed by atoms with Gasteiger partial charge in [0.25, 0.3) is 0 Å². The molecule has 3 nitrogen and oxygen atoms in total. The molecule has 0 amide bonds. The van der Waals surface area contributed by atoms with Crippen LogP contribution in [-0.4, -0.2) is 13.7 Å². The molecule has 0 aliphatic heterocycles. The van der Waals surface area contributed by atoms with Crippen LogP contribution in [0.15, 0.2) is 212 Å². The summed E-state index contributed by atoms with van der Waals surface area (Å²) in [4.78, 5) is 0. The van der Waals surface area contributed by atoms with Crippen LogP contribution >= 0.6 is 0 Å². The largest absolute Gasteiger partial charge is 0.309 e. The molecule has 9 aromatic carbocycles. The predicted molar refractivity (Wildman–Crippen MR) is 240 cm³/mol. The Kier molecular flexibility index (Phi) is 6.93. The maximum Gasteiger partial charge on any atom is 0.0641 e. The minimum Gasteiger partial charge on any atom is -0.309 e. The third-order valence-electron chi connectivity index (χ3n) is 11.8. The number of hydrogen-bond acceptors (Lipinski definition) is 0. The van der Waals surface area contributed by atoms with Gasteiger partial charge < -0.3 is 13.7 Å². The van der Waals surface area contributed by atoms with E-state index in [4.69, 9.17) is 0 Å². The molecule has 0 saturated carbocycles. The number of aromatic nitrogens is 3. The first-order valence-electron chi connectivity index (χ1n) is 19.6. The molecule has 0 bridgehead atoms. The Morgan fingerprint density at radius 2 is 0.702 bits per heavy atom. The summed E-state index contributed by atoms with van der Waals surface area (Å²) in [6.07, 6.45) is 0. The average Bonchev–Trinajstić information content (AvgIpc) is 3.93. The molecule has 0 spiro atoms. The molecule has 0 aliphatic carbocycles. The van der Waals surface area contributed by atoms with Crippen molar-refractivity contribution in [2.24, 2.45) is 0 Å². The van der Waals surface area contributed by atoms with E-state index in [0.717, 1.165) is 11.4 Å². The standard InChI is InChI=1S/C54H35N3/c1-3-16-36(17-4-1)40-24-15-25-41(53(40)57-48-27-12-7-20-42(48)43-21-8-13-28-49(43)57)37-30-32-39(33-31-37)56-47-26-11-9-22-44(47)45-34-35-51-52(54(45)56)46-23-10-14-29-50(46)55(51)38-18-5-2-6-19-38/h1-35H. The van der Waals surface area contributed by atoms with E-state index in [1.807, 2.05) is 0 Å². The van der Waals surface area contributed by atoms with Gasteiger partial charge in [0, 0.05) is 54.8 Å². The zero-order chi connectivity index (χ0) is 37.5. The van der Waals surface area contributed by atoms with Crippen LogP contribution in [0.25, 0.3) is 105 Å². The van der Waals surface area contributed by atoms with Crippen LogP contribution in [0, 0.1) is 0 Å². The third kappa shape index (κ3) is 4.66. The number of nitrogens with zero attached hydrogens (tertiary/aromatic N) is 3. The van der Waals surface area contributed by atoms with Gasteiger partial charge in [0.05, 0.1) is 38.8 Å². The molecule has 0 aliphatic rings. The number of hydrogen-bond donors (Lipinski definition) is 0. The van der Waals surface area contributed by atoms with Crippen LogP contribution in [0.2, 0.25) is 0 Å². The summed E-state index contributed by atoms with van der Waals surface area (Å²) in [6, 6.07) is 77.4. The van der Waals surface area contributed by atoms with E-state index in [-0.39, 0.29) is 0 Å². The molecular formula is C54H35N3. The summed E-state index contributed by atoms with van der Waals surface area (Å²) in [5.74, 6) is 0. The normalized spacial score (nSPS) is 11.9. The summed E-state index contributed by atoms with van der Waals surface area (Å²) in [6.45, 7) is 0. The Bertz CT molecular complexity index is 3440. The summed E-state index contributed by atoms with van der Waals surface area (Å²) < 4.78 is 7.36. The minimum absolute atomic E-state index is 1.13. The van der Waals surface area contributed by atoms with Crippen molar-refractivity contribution >= 4 is 65.4 Å². The Morgan fingerprint density at radius 3 is 1.32 bits per heavy atom. The molecule has 0 saturated heterocycles. The molecule has 3 heterocycles. The van der Waals surface area contributed by atoms with E-state index in [1.54, 1.807) is 0 Å². The zero-order valence-corrected chi connectivity index (χ0v) is 31.0. The van der Waals surface area contributed by atoms with E-state index in [9.17, 15) is 0 Å². The van der Waals surface area contributed by atoms with Crippen molar-refractivity contribution in [3.8, 4) is 39.3 Å². The van der Waals surface area contributed by atoms with Crippen molar-refractivity contribution in [3.63, 3.8) is 0 Å². The topological polar surface area (TPSA) is 14.8 Å². The van der Waals surface area contributed by atoms with Gasteiger partial charge in [-0.15, -0.1) is 0 Å². The SMILES string of the molecule is c1ccc(-c2cccc(-c3ccc(-n4c5ccccc5c5ccc6c(c7ccccc7n6-c6ccccc6)c54)cc3)c2-n2c3ccccc3c3ccccc32)cc1. The van der Waals surface area contributed by atoms with Crippen molar-refractivity contribution in [3.05, 3.63) is 212 Å². The summed E-state index contributed by atoms with van der Waals surface area (Å²) in [5.41, 5.74) is 15.4. The Hall–Kier alpha value is -7.62. The highest BCUT2D eigenvalue weighted by Crippen LogP contribution is 2.44. The Morgan fingerprint density at radius 1 is 0.246 bits per heavy atom. The van der Waals surface area contributed by atoms with Gasteiger partial charge in [-0.25, -0.2) is 0 Å². The maximum atomic E-state index is 2.48. The molecule has 0 radical (unpaired) electrons. The lowest BCUT2D eigenvalue weighted by atomic mass is 9.95. The van der Waals surface area contributed by atoms with Crippen molar-refractivity contribution in [1.29, 1.82) is 0 Å². The highest BCUT2D eigenvalue weighted by atomic mass is 15.0. The first kappa shape index (κ1) is 31.7. The predicted octanol–water partition coefficient (Wildman–Crippen LogP) is 14.3. The quantitative estimate of drug-likeness (QED) is 0.168. The van der Waals surface area contributed by atoms with Gasteiger partial charge in [-0.3, -0.25) is 0 Å². The van der Waals surface area contributed by atoms with Crippen molar-refractivity contribution in [2.75, 3.05) is 0 Å². The van der Waals surface area contributed by atoms with E-state index < -0.39 is 0 Å². The molecule has 0 atom stereocenters. The minimum atomic E-state index is 1.13. The second-order valence-electron chi connectivity index (χ2n) is 14.9. The lowest BCUT2D eigenvalue weighted by Crippen LogP contribution is -2.01. The second-order valence-corrected chi connectivity index (χ2v) is 14.9. The third-order valence-corrected chi connectivity index (χ3v) is 11.8. The molecule has 3 heteroatoms. The van der Waals surface area contributed by atoms with E-state index in [0.29, 0.717) is 0 Å².